The first-order chi connectivity index (χ1) is 15.1. The van der Waals surface area contributed by atoms with E-state index in [1.807, 2.05) is 13.8 Å². The molecule has 33 heavy (non-hydrogen) atoms. The molecule has 11 heteroatoms. The van der Waals surface area contributed by atoms with Gasteiger partial charge in [0.05, 0.1) is 12.3 Å². The Labute approximate surface area is 188 Å². The van der Waals surface area contributed by atoms with Crippen LogP contribution in [-0.4, -0.2) is 42.1 Å². The molecule has 0 amide bonds. The van der Waals surface area contributed by atoms with E-state index in [1.54, 1.807) is 13.8 Å². The number of hydrogen-bond donors (Lipinski definition) is 1. The normalized spacial score (nSPS) is 18.6. The minimum atomic E-state index is -5.84. The Balaban J connectivity index is 0.000000361. The summed E-state index contributed by atoms with van der Waals surface area (Å²) in [5.41, 5.74) is -5.47. The third-order valence-electron chi connectivity index (χ3n) is 5.45. The van der Waals surface area contributed by atoms with Gasteiger partial charge in [-0.15, -0.1) is 0 Å². The highest BCUT2D eigenvalue weighted by Crippen LogP contribution is 2.50. The largest absolute Gasteiger partial charge is 0.462 e. The van der Waals surface area contributed by atoms with Crippen molar-refractivity contribution in [2.75, 3.05) is 6.61 Å². The standard InChI is InChI=1S/C13H14F6O.C9H14O4/c1-3-8(2)9-4-6-10(7-5-9)11(20,12(14,15)16)13(17,18)19;1-3-6(2)9(11)13-7-4-8(10)12-5-7/h4-8,20H,3H2,1-2H3;6-7H,3-5H2,1-2H3. The van der Waals surface area contributed by atoms with Gasteiger partial charge in [-0.05, 0) is 24.3 Å². The predicted molar refractivity (Wildman–Crippen MR) is 106 cm³/mol. The Hall–Kier alpha value is -2.30. The van der Waals surface area contributed by atoms with Gasteiger partial charge in [-0.3, -0.25) is 9.59 Å². The summed E-state index contributed by atoms with van der Waals surface area (Å²) in [5, 5.41) is 9.19. The van der Waals surface area contributed by atoms with Crippen molar-refractivity contribution in [1.82, 2.24) is 0 Å². The zero-order valence-corrected chi connectivity index (χ0v) is 18.7. The van der Waals surface area contributed by atoms with E-state index in [9.17, 15) is 41.0 Å². The molecule has 0 bridgehead atoms. The highest BCUT2D eigenvalue weighted by Gasteiger charge is 2.71. The van der Waals surface area contributed by atoms with Crippen LogP contribution in [0, 0.1) is 5.92 Å². The summed E-state index contributed by atoms with van der Waals surface area (Å²) in [5.74, 6) is -0.627. The summed E-state index contributed by atoms with van der Waals surface area (Å²) in [7, 11) is 0. The zero-order valence-electron chi connectivity index (χ0n) is 18.7. The maximum Gasteiger partial charge on any atom is 0.430 e. The minimum absolute atomic E-state index is 0.00826. The Kier molecular flexibility index (Phi) is 9.77. The molecule has 3 unspecified atom stereocenters. The Morgan fingerprint density at radius 1 is 1.06 bits per heavy atom. The topological polar surface area (TPSA) is 72.8 Å². The van der Waals surface area contributed by atoms with Crippen LogP contribution in [0.2, 0.25) is 0 Å². The molecule has 1 aliphatic rings. The number of rotatable bonds is 6. The number of benzene rings is 1. The average molecular weight is 486 g/mol. The van der Waals surface area contributed by atoms with Crippen LogP contribution in [0.25, 0.3) is 0 Å². The summed E-state index contributed by atoms with van der Waals surface area (Å²) < 4.78 is 85.6. The van der Waals surface area contributed by atoms with Crippen molar-refractivity contribution in [3.8, 4) is 0 Å². The van der Waals surface area contributed by atoms with Crippen molar-refractivity contribution in [3.63, 3.8) is 0 Å². The molecule has 0 aliphatic carbocycles. The molecule has 5 nitrogen and oxygen atoms in total. The molecule has 1 saturated heterocycles. The predicted octanol–water partition coefficient (Wildman–Crippen LogP) is 5.40. The lowest BCUT2D eigenvalue weighted by atomic mass is 9.89. The van der Waals surface area contributed by atoms with Crippen LogP contribution in [0.4, 0.5) is 26.3 Å². The number of halogens is 6. The Bertz CT molecular complexity index is 774. The molecule has 2 rings (SSSR count). The van der Waals surface area contributed by atoms with E-state index in [1.165, 1.54) is 12.1 Å². The van der Waals surface area contributed by atoms with Gasteiger partial charge in [0, 0.05) is 5.56 Å². The molecular formula is C22H28F6O5. The molecule has 1 heterocycles. The molecule has 188 valence electrons. The van der Waals surface area contributed by atoms with Gasteiger partial charge in [0.25, 0.3) is 5.60 Å². The van der Waals surface area contributed by atoms with Crippen molar-refractivity contribution < 1.29 is 50.5 Å². The van der Waals surface area contributed by atoms with Gasteiger partial charge in [0.15, 0.2) is 0 Å². The fourth-order valence-electron chi connectivity index (χ4n) is 2.79. The van der Waals surface area contributed by atoms with E-state index >= 15 is 0 Å². The fourth-order valence-corrected chi connectivity index (χ4v) is 2.79. The average Bonchev–Trinajstić information content (AvgIpc) is 3.15. The van der Waals surface area contributed by atoms with Crippen LogP contribution in [0.3, 0.4) is 0 Å². The third-order valence-corrected chi connectivity index (χ3v) is 5.45. The second-order valence-corrected chi connectivity index (χ2v) is 7.89. The lowest BCUT2D eigenvalue weighted by molar-refractivity contribution is -0.376. The smallest absolute Gasteiger partial charge is 0.430 e. The number of carbonyl (C=O) groups is 2. The highest BCUT2D eigenvalue weighted by atomic mass is 19.4. The number of hydrogen-bond acceptors (Lipinski definition) is 5. The van der Waals surface area contributed by atoms with Crippen LogP contribution in [-0.2, 0) is 24.7 Å². The third kappa shape index (κ3) is 7.09. The van der Waals surface area contributed by atoms with Crippen LogP contribution in [0.15, 0.2) is 24.3 Å². The van der Waals surface area contributed by atoms with Crippen LogP contribution in [0.1, 0.15) is 64.0 Å². The fraction of sp³-hybridized carbons (Fsp3) is 0.636. The summed E-state index contributed by atoms with van der Waals surface area (Å²) in [4.78, 5) is 21.9. The van der Waals surface area contributed by atoms with Crippen molar-refractivity contribution in [2.45, 2.75) is 76.9 Å². The van der Waals surface area contributed by atoms with Crippen LogP contribution >= 0.6 is 0 Å². The Morgan fingerprint density at radius 2 is 1.58 bits per heavy atom. The highest BCUT2D eigenvalue weighted by molar-refractivity contribution is 5.75. The number of esters is 2. The first-order valence-corrected chi connectivity index (χ1v) is 10.4. The molecule has 0 spiro atoms. The van der Waals surface area contributed by atoms with E-state index in [-0.39, 0.29) is 42.9 Å². The molecule has 1 aromatic rings. The van der Waals surface area contributed by atoms with Gasteiger partial charge in [0.2, 0.25) is 0 Å². The number of carbonyl (C=O) groups excluding carboxylic acids is 2. The maximum absolute atomic E-state index is 12.6. The van der Waals surface area contributed by atoms with E-state index in [2.05, 4.69) is 4.74 Å². The number of ether oxygens (including phenoxy) is 2. The summed E-state index contributed by atoms with van der Waals surface area (Å²) in [6.45, 7) is 7.58. The molecule has 0 aromatic heterocycles. The van der Waals surface area contributed by atoms with Gasteiger partial charge in [-0.1, -0.05) is 52.0 Å². The second kappa shape index (κ2) is 11.2. The monoisotopic (exact) mass is 486 g/mol. The van der Waals surface area contributed by atoms with Gasteiger partial charge in [-0.2, -0.15) is 26.3 Å². The molecular weight excluding hydrogens is 458 g/mol. The molecule has 3 atom stereocenters. The van der Waals surface area contributed by atoms with Gasteiger partial charge in [0.1, 0.15) is 12.7 Å². The van der Waals surface area contributed by atoms with Crippen molar-refractivity contribution in [3.05, 3.63) is 35.4 Å². The number of alkyl halides is 6. The molecule has 1 N–H and O–H groups in total. The summed E-state index contributed by atoms with van der Waals surface area (Å²) >= 11 is 0. The van der Waals surface area contributed by atoms with E-state index in [0.29, 0.717) is 24.1 Å². The number of cyclic esters (lactones) is 1. The lowest BCUT2D eigenvalue weighted by Crippen LogP contribution is -2.53. The van der Waals surface area contributed by atoms with Crippen molar-refractivity contribution in [2.24, 2.45) is 5.92 Å². The quantitative estimate of drug-likeness (QED) is 0.431. The van der Waals surface area contributed by atoms with Crippen molar-refractivity contribution in [1.29, 1.82) is 0 Å². The second-order valence-electron chi connectivity index (χ2n) is 7.89. The summed E-state index contributed by atoms with van der Waals surface area (Å²) in [6.07, 6.45) is -10.4. The summed E-state index contributed by atoms with van der Waals surface area (Å²) in [6, 6.07) is 3.68. The van der Waals surface area contributed by atoms with Gasteiger partial charge in [-0.25, -0.2) is 0 Å². The minimum Gasteiger partial charge on any atom is -0.462 e. The number of aliphatic hydroxyl groups is 1. The molecule has 1 aliphatic heterocycles. The lowest BCUT2D eigenvalue weighted by Gasteiger charge is -2.32. The van der Waals surface area contributed by atoms with Crippen LogP contribution < -0.4 is 0 Å². The van der Waals surface area contributed by atoms with Gasteiger partial charge >= 0.3 is 24.3 Å². The van der Waals surface area contributed by atoms with Crippen LogP contribution in [0.5, 0.6) is 0 Å². The first-order valence-electron chi connectivity index (χ1n) is 10.4. The molecule has 0 saturated carbocycles. The van der Waals surface area contributed by atoms with E-state index < -0.39 is 23.5 Å². The molecule has 0 radical (unpaired) electrons. The Morgan fingerprint density at radius 3 is 1.94 bits per heavy atom. The molecule has 1 aromatic carbocycles. The maximum atomic E-state index is 12.6. The van der Waals surface area contributed by atoms with E-state index in [4.69, 9.17) is 4.74 Å². The van der Waals surface area contributed by atoms with Gasteiger partial charge < -0.3 is 14.6 Å². The molecule has 1 fully saturated rings. The van der Waals surface area contributed by atoms with E-state index in [0.717, 1.165) is 6.42 Å². The SMILES string of the molecule is CCC(C)C(=O)OC1COC(=O)C1.CCC(C)c1ccc(C(O)(C(F)(F)F)C(F)(F)F)cc1. The first kappa shape index (κ1) is 28.7. The zero-order chi connectivity index (χ0) is 25.6. The van der Waals surface area contributed by atoms with Crippen molar-refractivity contribution >= 4 is 11.9 Å².